The summed E-state index contributed by atoms with van der Waals surface area (Å²) in [5.74, 6) is 0.146. The van der Waals surface area contributed by atoms with Crippen LogP contribution in [0.15, 0.2) is 60.7 Å². The molecular formula is C30H30F3N3O4. The van der Waals surface area contributed by atoms with Crippen LogP contribution in [0, 0.1) is 6.92 Å². The fraction of sp³-hybridized carbons (Fsp3) is 0.300. The lowest BCUT2D eigenvalue weighted by molar-refractivity contribution is -0.137. The smallest absolute Gasteiger partial charge is 0.416 e. The summed E-state index contributed by atoms with van der Waals surface area (Å²) in [4.78, 5) is 20.5. The number of hydrogen-bond acceptors (Lipinski definition) is 7. The van der Waals surface area contributed by atoms with E-state index in [2.05, 4.69) is 15.3 Å². The molecule has 3 aromatic carbocycles. The summed E-state index contributed by atoms with van der Waals surface area (Å²) in [5.41, 5.74) is 2.06. The molecule has 0 spiro atoms. The molecule has 210 valence electrons. The highest BCUT2D eigenvalue weighted by atomic mass is 19.4. The van der Waals surface area contributed by atoms with Crippen LogP contribution in [0.3, 0.4) is 0 Å². The highest BCUT2D eigenvalue weighted by Crippen LogP contribution is 2.36. The number of methoxy groups -OCH3 is 1. The minimum absolute atomic E-state index is 0.0110. The van der Waals surface area contributed by atoms with E-state index in [4.69, 9.17) is 14.2 Å². The molecule has 1 unspecified atom stereocenters. The van der Waals surface area contributed by atoms with Crippen molar-refractivity contribution in [1.29, 1.82) is 0 Å². The van der Waals surface area contributed by atoms with Crippen molar-refractivity contribution in [3.63, 3.8) is 0 Å². The van der Waals surface area contributed by atoms with E-state index in [-0.39, 0.29) is 30.8 Å². The summed E-state index contributed by atoms with van der Waals surface area (Å²) in [6.07, 6.45) is -4.56. The molecule has 0 bridgehead atoms. The Morgan fingerprint density at radius 1 is 1.00 bits per heavy atom. The van der Waals surface area contributed by atoms with Crippen LogP contribution in [0.25, 0.3) is 22.0 Å². The molecule has 0 aliphatic carbocycles. The van der Waals surface area contributed by atoms with Gasteiger partial charge in [0.15, 0.2) is 0 Å². The molecule has 4 aromatic rings. The Hall–Kier alpha value is -4.18. The van der Waals surface area contributed by atoms with Gasteiger partial charge in [0.1, 0.15) is 18.1 Å². The van der Waals surface area contributed by atoms with E-state index in [0.29, 0.717) is 34.3 Å². The van der Waals surface area contributed by atoms with E-state index < -0.39 is 17.7 Å². The number of fused-ring (bicyclic) bond motifs is 1. The van der Waals surface area contributed by atoms with Crippen molar-refractivity contribution in [1.82, 2.24) is 15.3 Å². The summed E-state index contributed by atoms with van der Waals surface area (Å²) in [5, 5.41) is 3.92. The van der Waals surface area contributed by atoms with Gasteiger partial charge in [-0.15, -0.1) is 0 Å². The van der Waals surface area contributed by atoms with Gasteiger partial charge in [-0.05, 0) is 79.9 Å². The molecule has 0 amide bonds. The van der Waals surface area contributed by atoms with Gasteiger partial charge in [-0.1, -0.05) is 18.2 Å². The number of nitrogens with one attached hydrogen (secondary N) is 1. The quantitative estimate of drug-likeness (QED) is 0.176. The van der Waals surface area contributed by atoms with Crippen LogP contribution >= 0.6 is 0 Å². The number of carbonyl (C=O) groups is 1. The summed E-state index contributed by atoms with van der Waals surface area (Å²) >= 11 is 0. The lowest BCUT2D eigenvalue weighted by atomic mass is 10.00. The average molecular weight is 554 g/mol. The lowest BCUT2D eigenvalue weighted by Crippen LogP contribution is -2.24. The molecule has 0 aliphatic heterocycles. The van der Waals surface area contributed by atoms with Crippen LogP contribution in [0.1, 0.15) is 47.3 Å². The van der Waals surface area contributed by atoms with Crippen LogP contribution < -0.4 is 14.8 Å². The number of hydrogen-bond donors (Lipinski definition) is 1. The third kappa shape index (κ3) is 6.87. The molecule has 0 radical (unpaired) electrons. The topological polar surface area (TPSA) is 82.6 Å². The number of carbonyl (C=O) groups excluding carboxylic acids is 1. The van der Waals surface area contributed by atoms with Gasteiger partial charge < -0.3 is 19.5 Å². The van der Waals surface area contributed by atoms with Gasteiger partial charge in [-0.3, -0.25) is 0 Å². The van der Waals surface area contributed by atoms with E-state index in [1.54, 1.807) is 45.2 Å². The predicted octanol–water partition coefficient (Wildman–Crippen LogP) is 6.54. The maximum atomic E-state index is 13.8. The number of aryl methyl sites for hydroxylation is 1. The van der Waals surface area contributed by atoms with Crippen LogP contribution in [0.2, 0.25) is 0 Å². The molecule has 1 aromatic heterocycles. The third-order valence-corrected chi connectivity index (χ3v) is 6.33. The zero-order valence-electron chi connectivity index (χ0n) is 22.6. The average Bonchev–Trinajstić information content (AvgIpc) is 2.94. The summed E-state index contributed by atoms with van der Waals surface area (Å²) in [6.45, 7) is 6.14. The minimum atomic E-state index is -4.56. The second-order valence-corrected chi connectivity index (χ2v) is 9.13. The molecular weight excluding hydrogens is 523 g/mol. The Balaban J connectivity index is 1.54. The fourth-order valence-electron chi connectivity index (χ4n) is 4.23. The number of halogens is 3. The number of rotatable bonds is 10. The first-order valence-corrected chi connectivity index (χ1v) is 12.8. The maximum Gasteiger partial charge on any atom is 0.416 e. The highest BCUT2D eigenvalue weighted by molar-refractivity contribution is 5.91. The normalized spacial score (nSPS) is 12.3. The molecule has 0 saturated carbocycles. The minimum Gasteiger partial charge on any atom is -0.497 e. The van der Waals surface area contributed by atoms with Crippen LogP contribution in [0.5, 0.6) is 11.5 Å². The summed E-state index contributed by atoms with van der Waals surface area (Å²) in [7, 11) is 1.60. The van der Waals surface area contributed by atoms with Crippen molar-refractivity contribution in [2.75, 3.05) is 26.9 Å². The molecule has 1 atom stereocenters. The number of ether oxygens (including phenoxy) is 3. The van der Waals surface area contributed by atoms with Crippen LogP contribution in [-0.2, 0) is 10.9 Å². The molecule has 1 N–H and O–H groups in total. The van der Waals surface area contributed by atoms with E-state index in [0.717, 1.165) is 23.4 Å². The van der Waals surface area contributed by atoms with Crippen molar-refractivity contribution < 1.29 is 32.2 Å². The van der Waals surface area contributed by atoms with Crippen molar-refractivity contribution in [3.8, 4) is 22.6 Å². The van der Waals surface area contributed by atoms with E-state index in [1.807, 2.05) is 31.2 Å². The first-order chi connectivity index (χ1) is 19.1. The maximum absolute atomic E-state index is 13.8. The Morgan fingerprint density at radius 2 is 1.80 bits per heavy atom. The van der Waals surface area contributed by atoms with Gasteiger partial charge in [0, 0.05) is 23.7 Å². The number of nitrogens with zero attached hydrogens (tertiary/aromatic N) is 2. The zero-order valence-corrected chi connectivity index (χ0v) is 22.6. The van der Waals surface area contributed by atoms with E-state index in [1.165, 1.54) is 0 Å². The monoisotopic (exact) mass is 553 g/mol. The number of aromatic nitrogens is 2. The van der Waals surface area contributed by atoms with Crippen LogP contribution in [-0.4, -0.2) is 42.8 Å². The second kappa shape index (κ2) is 12.3. The Bertz CT molecular complexity index is 1510. The van der Waals surface area contributed by atoms with Gasteiger partial charge in [-0.2, -0.15) is 13.2 Å². The first kappa shape index (κ1) is 28.8. The first-order valence-electron chi connectivity index (χ1n) is 12.8. The van der Waals surface area contributed by atoms with Crippen molar-refractivity contribution >= 4 is 16.9 Å². The molecule has 0 fully saturated rings. The number of alkyl halides is 3. The summed E-state index contributed by atoms with van der Waals surface area (Å²) < 4.78 is 57.3. The molecule has 10 heteroatoms. The van der Waals surface area contributed by atoms with Crippen molar-refractivity contribution in [3.05, 3.63) is 83.3 Å². The standard InChI is InChI=1S/C30H30F3N3O4/c1-5-39-29(37)28-35-19(3)26-16-21(9-10-27(26)36-28)22-13-23(30(31,32)33)17-25(15-22)40-12-11-34-18(2)20-7-6-8-24(14-20)38-4/h6-10,13-18,34H,5,11-12H2,1-4H3. The SMILES string of the molecule is CCOC(=O)c1nc(C)c2cc(-c3cc(OCCNC(C)c4cccc(OC)c4)cc(C(F)(F)F)c3)ccc2n1. The lowest BCUT2D eigenvalue weighted by Gasteiger charge is -2.17. The van der Waals surface area contributed by atoms with Gasteiger partial charge >= 0.3 is 12.1 Å². The van der Waals surface area contributed by atoms with Gasteiger partial charge in [0.25, 0.3) is 0 Å². The Labute approximate surface area is 230 Å². The van der Waals surface area contributed by atoms with Gasteiger partial charge in [-0.25, -0.2) is 14.8 Å². The highest BCUT2D eigenvalue weighted by Gasteiger charge is 2.31. The van der Waals surface area contributed by atoms with E-state index >= 15 is 0 Å². The van der Waals surface area contributed by atoms with Crippen molar-refractivity contribution in [2.45, 2.75) is 33.0 Å². The third-order valence-electron chi connectivity index (χ3n) is 6.33. The molecule has 0 aliphatic rings. The predicted molar refractivity (Wildman–Crippen MR) is 146 cm³/mol. The van der Waals surface area contributed by atoms with Gasteiger partial charge in [0.05, 0.1) is 24.8 Å². The van der Waals surface area contributed by atoms with Gasteiger partial charge in [0.2, 0.25) is 5.82 Å². The summed E-state index contributed by atoms with van der Waals surface area (Å²) in [6, 6.07) is 16.3. The Kier molecular flexibility index (Phi) is 8.89. The fourth-order valence-corrected chi connectivity index (χ4v) is 4.23. The van der Waals surface area contributed by atoms with Crippen LogP contribution in [0.4, 0.5) is 13.2 Å². The molecule has 40 heavy (non-hydrogen) atoms. The Morgan fingerprint density at radius 3 is 2.52 bits per heavy atom. The largest absolute Gasteiger partial charge is 0.497 e. The molecule has 4 rings (SSSR count). The van der Waals surface area contributed by atoms with E-state index in [9.17, 15) is 18.0 Å². The second-order valence-electron chi connectivity index (χ2n) is 9.13. The molecule has 7 nitrogen and oxygen atoms in total. The number of esters is 1. The van der Waals surface area contributed by atoms with Crippen molar-refractivity contribution in [2.24, 2.45) is 0 Å². The molecule has 0 saturated heterocycles. The number of benzene rings is 3. The molecule has 1 heterocycles. The zero-order chi connectivity index (χ0) is 28.9.